The van der Waals surface area contributed by atoms with Crippen molar-refractivity contribution in [2.75, 3.05) is 31.7 Å². The van der Waals surface area contributed by atoms with Crippen LogP contribution in [0.2, 0.25) is 0 Å². The number of aromatic nitrogens is 2. The van der Waals surface area contributed by atoms with E-state index in [2.05, 4.69) is 39.8 Å². The Morgan fingerprint density at radius 1 is 1.17 bits per heavy atom. The number of para-hydroxylation sites is 1. The Morgan fingerprint density at radius 2 is 1.87 bits per heavy atom. The third-order valence-electron chi connectivity index (χ3n) is 5.60. The Morgan fingerprint density at radius 3 is 2.60 bits per heavy atom. The zero-order chi connectivity index (χ0) is 20.9. The second-order valence-electron chi connectivity index (χ2n) is 7.48. The summed E-state index contributed by atoms with van der Waals surface area (Å²) in [5.41, 5.74) is 5.86. The van der Waals surface area contributed by atoms with Crippen LogP contribution in [0.25, 0.3) is 10.9 Å². The molecule has 1 fully saturated rings. The van der Waals surface area contributed by atoms with E-state index >= 15 is 0 Å². The minimum Gasteiger partial charge on any atom is -0.370 e. The highest BCUT2D eigenvalue weighted by Crippen LogP contribution is 2.14. The van der Waals surface area contributed by atoms with E-state index in [0.717, 1.165) is 32.0 Å². The first-order chi connectivity index (χ1) is 14.7. The van der Waals surface area contributed by atoms with Crippen molar-refractivity contribution in [3.8, 4) is 0 Å². The maximum absolute atomic E-state index is 12.8. The second kappa shape index (κ2) is 9.19. The molecule has 1 saturated heterocycles. The zero-order valence-electron chi connectivity index (χ0n) is 17.5. The summed E-state index contributed by atoms with van der Waals surface area (Å²) in [5, 5.41) is 5.30. The standard InChI is InChI=1S/C23H27N5O2/c1-3-28-22(29)19-11-7-8-12-20(19)24-23(28)26-25-17(2)21(18-9-5-4-6-10-18)27-13-15-30-16-14-27/h4-12,21H,3,13-16H2,1-2H3,(H,24,26)/p+1/b25-17-/t21-/m0/s1. The number of morpholine rings is 1. The largest absolute Gasteiger partial charge is 0.370 e. The normalized spacial score (nSPS) is 16.5. The maximum Gasteiger partial charge on any atom is 0.262 e. The predicted octanol–water partition coefficient (Wildman–Crippen LogP) is 1.86. The number of benzene rings is 2. The van der Waals surface area contributed by atoms with Gasteiger partial charge in [0.05, 0.1) is 29.8 Å². The van der Waals surface area contributed by atoms with E-state index in [9.17, 15) is 4.79 Å². The lowest BCUT2D eigenvalue weighted by Crippen LogP contribution is -3.15. The van der Waals surface area contributed by atoms with Gasteiger partial charge in [0.25, 0.3) is 5.56 Å². The fraction of sp³-hybridized carbons (Fsp3) is 0.348. The molecule has 156 valence electrons. The number of nitrogens with zero attached hydrogens (tertiary/aromatic N) is 3. The molecule has 7 heteroatoms. The summed E-state index contributed by atoms with van der Waals surface area (Å²) in [4.78, 5) is 18.9. The molecule has 1 aromatic heterocycles. The van der Waals surface area contributed by atoms with Gasteiger partial charge in [-0.25, -0.2) is 10.4 Å². The fourth-order valence-electron chi connectivity index (χ4n) is 4.09. The number of ether oxygens (including phenoxy) is 1. The van der Waals surface area contributed by atoms with E-state index < -0.39 is 0 Å². The molecule has 1 atom stereocenters. The number of anilines is 1. The van der Waals surface area contributed by atoms with Crippen molar-refractivity contribution in [3.05, 3.63) is 70.5 Å². The van der Waals surface area contributed by atoms with Gasteiger partial charge >= 0.3 is 0 Å². The zero-order valence-corrected chi connectivity index (χ0v) is 17.5. The number of fused-ring (bicyclic) bond motifs is 1. The number of hydrogen-bond donors (Lipinski definition) is 2. The highest BCUT2D eigenvalue weighted by atomic mass is 16.5. The molecule has 2 aromatic carbocycles. The summed E-state index contributed by atoms with van der Waals surface area (Å²) in [6.07, 6.45) is 0. The third kappa shape index (κ3) is 4.13. The molecule has 0 saturated carbocycles. The highest BCUT2D eigenvalue weighted by molar-refractivity contribution is 5.87. The van der Waals surface area contributed by atoms with Crippen LogP contribution in [-0.4, -0.2) is 41.6 Å². The number of hydrazone groups is 1. The van der Waals surface area contributed by atoms with Crippen LogP contribution in [0, 0.1) is 0 Å². The molecule has 4 rings (SSSR count). The molecule has 0 radical (unpaired) electrons. The van der Waals surface area contributed by atoms with Crippen molar-refractivity contribution in [3.63, 3.8) is 0 Å². The molecular formula is C23H28N5O2+. The van der Waals surface area contributed by atoms with E-state index in [1.165, 1.54) is 10.5 Å². The minimum absolute atomic E-state index is 0.0585. The minimum atomic E-state index is -0.0585. The van der Waals surface area contributed by atoms with E-state index in [0.29, 0.717) is 23.4 Å². The summed E-state index contributed by atoms with van der Waals surface area (Å²) >= 11 is 0. The summed E-state index contributed by atoms with van der Waals surface area (Å²) in [6.45, 7) is 7.85. The van der Waals surface area contributed by atoms with Gasteiger partial charge in [0.2, 0.25) is 5.95 Å². The lowest BCUT2D eigenvalue weighted by molar-refractivity contribution is -0.928. The van der Waals surface area contributed by atoms with Gasteiger partial charge < -0.3 is 9.64 Å². The van der Waals surface area contributed by atoms with Crippen LogP contribution in [0.1, 0.15) is 25.5 Å². The Hall–Kier alpha value is -3.03. The van der Waals surface area contributed by atoms with Crippen LogP contribution in [0.4, 0.5) is 5.95 Å². The van der Waals surface area contributed by atoms with Crippen LogP contribution >= 0.6 is 0 Å². The van der Waals surface area contributed by atoms with E-state index in [4.69, 9.17) is 4.74 Å². The van der Waals surface area contributed by atoms with Crippen molar-refractivity contribution >= 4 is 22.6 Å². The van der Waals surface area contributed by atoms with Gasteiger partial charge in [-0.05, 0) is 26.0 Å². The van der Waals surface area contributed by atoms with Gasteiger partial charge in [-0.1, -0.05) is 42.5 Å². The molecular weight excluding hydrogens is 378 g/mol. The van der Waals surface area contributed by atoms with Crippen LogP contribution in [0.5, 0.6) is 0 Å². The molecule has 0 unspecified atom stereocenters. The predicted molar refractivity (Wildman–Crippen MR) is 119 cm³/mol. The number of nitrogens with one attached hydrogen (secondary N) is 2. The highest BCUT2D eigenvalue weighted by Gasteiger charge is 2.29. The van der Waals surface area contributed by atoms with Crippen LogP contribution in [0.15, 0.2) is 64.5 Å². The average Bonchev–Trinajstić information content (AvgIpc) is 2.79. The van der Waals surface area contributed by atoms with Gasteiger partial charge in [-0.15, -0.1) is 0 Å². The topological polar surface area (TPSA) is 72.9 Å². The van der Waals surface area contributed by atoms with E-state index in [1.807, 2.05) is 44.2 Å². The van der Waals surface area contributed by atoms with Gasteiger partial charge in [0.15, 0.2) is 6.04 Å². The number of rotatable bonds is 6. The van der Waals surface area contributed by atoms with Crippen molar-refractivity contribution in [2.24, 2.45) is 5.10 Å². The SMILES string of the molecule is CCn1c(N/N=C(/C)[C@@H](c2ccccc2)[NH+]2CCOCC2)nc2ccccc2c1=O. The van der Waals surface area contributed by atoms with Gasteiger partial charge in [0, 0.05) is 12.1 Å². The molecule has 30 heavy (non-hydrogen) atoms. The summed E-state index contributed by atoms with van der Waals surface area (Å²) in [6, 6.07) is 17.9. The smallest absolute Gasteiger partial charge is 0.262 e. The first-order valence-corrected chi connectivity index (χ1v) is 10.5. The van der Waals surface area contributed by atoms with Gasteiger partial charge in [-0.3, -0.25) is 9.36 Å². The first-order valence-electron chi connectivity index (χ1n) is 10.5. The molecule has 0 amide bonds. The second-order valence-corrected chi connectivity index (χ2v) is 7.48. The molecule has 0 aliphatic carbocycles. The molecule has 2 heterocycles. The summed E-state index contributed by atoms with van der Waals surface area (Å²) < 4.78 is 7.18. The van der Waals surface area contributed by atoms with Crippen LogP contribution in [-0.2, 0) is 11.3 Å². The summed E-state index contributed by atoms with van der Waals surface area (Å²) in [5.74, 6) is 0.462. The monoisotopic (exact) mass is 406 g/mol. The molecule has 2 N–H and O–H groups in total. The molecule has 0 bridgehead atoms. The molecule has 7 nitrogen and oxygen atoms in total. The van der Waals surface area contributed by atoms with Crippen molar-refractivity contribution in [1.82, 2.24) is 9.55 Å². The Balaban J connectivity index is 1.68. The van der Waals surface area contributed by atoms with E-state index in [-0.39, 0.29) is 11.6 Å². The van der Waals surface area contributed by atoms with Crippen molar-refractivity contribution < 1.29 is 9.64 Å². The summed E-state index contributed by atoms with van der Waals surface area (Å²) in [7, 11) is 0. The van der Waals surface area contributed by atoms with Crippen LogP contribution < -0.4 is 15.9 Å². The quantitative estimate of drug-likeness (QED) is 0.484. The van der Waals surface area contributed by atoms with Crippen LogP contribution in [0.3, 0.4) is 0 Å². The van der Waals surface area contributed by atoms with Crippen molar-refractivity contribution in [1.29, 1.82) is 0 Å². The lowest BCUT2D eigenvalue weighted by atomic mass is 10.0. The Kier molecular flexibility index (Phi) is 6.21. The third-order valence-corrected chi connectivity index (χ3v) is 5.60. The number of hydrogen-bond acceptors (Lipinski definition) is 5. The lowest BCUT2D eigenvalue weighted by Gasteiger charge is -2.31. The average molecular weight is 407 g/mol. The molecule has 3 aromatic rings. The number of quaternary nitrogens is 1. The van der Waals surface area contributed by atoms with Crippen molar-refractivity contribution in [2.45, 2.75) is 26.4 Å². The molecule has 0 spiro atoms. The first kappa shape index (κ1) is 20.3. The Labute approximate surface area is 176 Å². The fourth-order valence-corrected chi connectivity index (χ4v) is 4.09. The van der Waals surface area contributed by atoms with Gasteiger partial charge in [0.1, 0.15) is 13.1 Å². The van der Waals surface area contributed by atoms with Gasteiger partial charge in [-0.2, -0.15) is 5.10 Å². The molecule has 1 aliphatic rings. The Bertz CT molecular complexity index is 1090. The van der Waals surface area contributed by atoms with E-state index in [1.54, 1.807) is 4.57 Å². The molecule has 1 aliphatic heterocycles. The maximum atomic E-state index is 12.8.